The first-order valence-corrected chi connectivity index (χ1v) is 3.77. The highest BCUT2D eigenvalue weighted by atomic mass is 19.4. The maximum absolute atomic E-state index is 11.8. The summed E-state index contributed by atoms with van der Waals surface area (Å²) in [7, 11) is 0. The van der Waals surface area contributed by atoms with Crippen LogP contribution < -0.4 is 5.43 Å². The normalized spacial score (nSPS) is 17.2. The Morgan fingerprint density at radius 1 is 0.933 bits per heavy atom. The Bertz CT molecular complexity index is 298. The summed E-state index contributed by atoms with van der Waals surface area (Å²) in [6, 6.07) is 0. The Morgan fingerprint density at radius 2 is 1.47 bits per heavy atom. The van der Waals surface area contributed by atoms with Gasteiger partial charge in [0.05, 0.1) is 24.3 Å². The van der Waals surface area contributed by atoms with E-state index in [4.69, 9.17) is 0 Å². The van der Waals surface area contributed by atoms with Gasteiger partial charge in [0.15, 0.2) is 0 Å². The molecule has 2 nitrogen and oxygen atoms in total. The summed E-state index contributed by atoms with van der Waals surface area (Å²) >= 11 is 0. The molecule has 0 amide bonds. The second-order valence-corrected chi connectivity index (χ2v) is 2.91. The molecule has 0 saturated heterocycles. The molecule has 0 bridgehead atoms. The molecule has 15 heavy (non-hydrogen) atoms. The van der Waals surface area contributed by atoms with Crippen molar-refractivity contribution in [2.45, 2.75) is 25.2 Å². The zero-order valence-electron chi connectivity index (χ0n) is 7.15. The molecule has 0 unspecified atom stereocenters. The predicted molar refractivity (Wildman–Crippen MR) is 39.0 cm³/mol. The molecule has 0 saturated carbocycles. The van der Waals surface area contributed by atoms with Gasteiger partial charge in [0.1, 0.15) is 0 Å². The van der Waals surface area contributed by atoms with Crippen LogP contribution in [0.5, 0.6) is 0 Å². The van der Waals surface area contributed by atoms with Gasteiger partial charge in [-0.15, -0.1) is 0 Å². The summed E-state index contributed by atoms with van der Waals surface area (Å²) < 4.78 is 70.8. The summed E-state index contributed by atoms with van der Waals surface area (Å²) in [5, 5.41) is 3.02. The third kappa shape index (κ3) is 4.71. The van der Waals surface area contributed by atoms with E-state index in [9.17, 15) is 26.3 Å². The van der Waals surface area contributed by atoms with E-state index in [1.54, 1.807) is 0 Å². The highest BCUT2D eigenvalue weighted by molar-refractivity contribution is 5.97. The fourth-order valence-electron chi connectivity index (χ4n) is 0.962. The number of nitrogens with zero attached hydrogens (tertiary/aromatic N) is 2. The Labute approximate surface area is 80.6 Å². The van der Waals surface area contributed by atoms with Crippen molar-refractivity contribution in [3.63, 3.8) is 0 Å². The lowest BCUT2D eigenvalue weighted by Crippen LogP contribution is -2.12. The van der Waals surface area contributed by atoms with Gasteiger partial charge in [-0.3, -0.25) is 0 Å². The van der Waals surface area contributed by atoms with Crippen LogP contribution >= 0.6 is 0 Å². The Morgan fingerprint density at radius 3 is 1.93 bits per heavy atom. The first-order valence-electron chi connectivity index (χ1n) is 3.77. The van der Waals surface area contributed by atoms with E-state index in [-0.39, 0.29) is 0 Å². The molecule has 8 heteroatoms. The van der Waals surface area contributed by atoms with E-state index in [1.165, 1.54) is 0 Å². The SMILES string of the molecule is FC(F)(F)CC1=CC(CC(F)(F)F)=N[N]1. The smallest absolute Gasteiger partial charge is 0.171 e. The Hall–Kier alpha value is -1.21. The number of allylic oxidation sites excluding steroid dienone is 2. The highest BCUT2D eigenvalue weighted by Crippen LogP contribution is 2.27. The van der Waals surface area contributed by atoms with E-state index in [1.807, 2.05) is 0 Å². The lowest BCUT2D eigenvalue weighted by Gasteiger charge is -2.04. The number of rotatable bonds is 2. The molecular formula is C7H5F6N2. The average molecular weight is 231 g/mol. The Balaban J connectivity index is 2.53. The van der Waals surface area contributed by atoms with Gasteiger partial charge in [0.25, 0.3) is 0 Å². The van der Waals surface area contributed by atoms with Crippen LogP contribution in [-0.2, 0) is 0 Å². The largest absolute Gasteiger partial charge is 0.394 e. The summed E-state index contributed by atoms with van der Waals surface area (Å²) in [5.74, 6) is 0. The zero-order valence-corrected chi connectivity index (χ0v) is 7.15. The Kier molecular flexibility index (Phi) is 2.96. The summed E-state index contributed by atoms with van der Waals surface area (Å²) in [6.07, 6.45) is -11.0. The van der Waals surface area contributed by atoms with Crippen LogP contribution in [0.1, 0.15) is 12.8 Å². The minimum Gasteiger partial charge on any atom is -0.171 e. The quantitative estimate of drug-likeness (QED) is 0.653. The van der Waals surface area contributed by atoms with Crippen molar-refractivity contribution in [2.75, 3.05) is 0 Å². The molecule has 85 valence electrons. The summed E-state index contributed by atoms with van der Waals surface area (Å²) in [6.45, 7) is 0. The van der Waals surface area contributed by atoms with Crippen LogP contribution in [0.3, 0.4) is 0 Å². The summed E-state index contributed by atoms with van der Waals surface area (Å²) in [4.78, 5) is 0. The maximum Gasteiger partial charge on any atom is 0.394 e. The highest BCUT2D eigenvalue weighted by Gasteiger charge is 2.34. The van der Waals surface area contributed by atoms with Gasteiger partial charge in [0.2, 0.25) is 0 Å². The molecule has 1 rings (SSSR count). The topological polar surface area (TPSA) is 26.5 Å². The lowest BCUT2D eigenvalue weighted by atomic mass is 10.2. The lowest BCUT2D eigenvalue weighted by molar-refractivity contribution is -0.128. The maximum atomic E-state index is 11.8. The molecule has 1 aliphatic rings. The van der Waals surface area contributed by atoms with Crippen LogP contribution in [0, 0.1) is 0 Å². The fraction of sp³-hybridized carbons (Fsp3) is 0.571. The minimum absolute atomic E-state index is 0.498. The molecule has 0 atom stereocenters. The number of halogens is 6. The molecule has 0 aromatic heterocycles. The van der Waals surface area contributed by atoms with E-state index < -0.39 is 36.6 Å². The third-order valence-corrected chi connectivity index (χ3v) is 1.40. The van der Waals surface area contributed by atoms with Crippen LogP contribution in [-0.4, -0.2) is 18.1 Å². The van der Waals surface area contributed by atoms with Gasteiger partial charge in [-0.05, 0) is 6.08 Å². The van der Waals surface area contributed by atoms with Gasteiger partial charge < -0.3 is 0 Å². The average Bonchev–Trinajstić information content (AvgIpc) is 2.28. The number of hydrogen-bond donors (Lipinski definition) is 0. The van der Waals surface area contributed by atoms with Crippen LogP contribution in [0.2, 0.25) is 0 Å². The molecule has 1 heterocycles. The van der Waals surface area contributed by atoms with Crippen LogP contribution in [0.15, 0.2) is 16.9 Å². The third-order valence-electron chi connectivity index (χ3n) is 1.40. The molecule has 0 fully saturated rings. The molecule has 0 spiro atoms. The van der Waals surface area contributed by atoms with Gasteiger partial charge in [-0.2, -0.15) is 36.9 Å². The van der Waals surface area contributed by atoms with E-state index in [2.05, 4.69) is 10.5 Å². The van der Waals surface area contributed by atoms with E-state index in [0.717, 1.165) is 0 Å². The second-order valence-electron chi connectivity index (χ2n) is 2.91. The van der Waals surface area contributed by atoms with Gasteiger partial charge in [-0.25, -0.2) is 0 Å². The molecule has 0 aliphatic carbocycles. The van der Waals surface area contributed by atoms with E-state index in [0.29, 0.717) is 6.08 Å². The van der Waals surface area contributed by atoms with Crippen molar-refractivity contribution in [1.29, 1.82) is 0 Å². The summed E-state index contributed by atoms with van der Waals surface area (Å²) in [5.41, 5.74) is 2.02. The van der Waals surface area contributed by atoms with Crippen molar-refractivity contribution in [1.82, 2.24) is 5.43 Å². The predicted octanol–water partition coefficient (Wildman–Crippen LogP) is 2.75. The minimum atomic E-state index is -4.49. The van der Waals surface area contributed by atoms with Gasteiger partial charge in [-0.1, -0.05) is 0 Å². The monoisotopic (exact) mass is 231 g/mol. The van der Waals surface area contributed by atoms with Crippen molar-refractivity contribution in [2.24, 2.45) is 5.10 Å². The zero-order chi connectivity index (χ0) is 11.7. The van der Waals surface area contributed by atoms with Crippen LogP contribution in [0.4, 0.5) is 26.3 Å². The molecule has 0 N–H and O–H groups in total. The van der Waals surface area contributed by atoms with Crippen molar-refractivity contribution >= 4 is 5.71 Å². The number of hydrogen-bond acceptors (Lipinski definition) is 1. The fourth-order valence-corrected chi connectivity index (χ4v) is 0.962. The first kappa shape index (κ1) is 11.9. The standard InChI is InChI=1S/C7H5F6N2/c8-6(9,10)2-4-1-5(15-14-4)3-7(11,12)13/h1H,2-3H2. The van der Waals surface area contributed by atoms with Gasteiger partial charge >= 0.3 is 12.4 Å². The molecule has 1 aliphatic heterocycles. The molecule has 0 aromatic rings. The molecule has 0 aromatic carbocycles. The van der Waals surface area contributed by atoms with E-state index >= 15 is 0 Å². The van der Waals surface area contributed by atoms with Crippen LogP contribution in [0.25, 0.3) is 0 Å². The first-order chi connectivity index (χ1) is 6.66. The van der Waals surface area contributed by atoms with Crippen molar-refractivity contribution < 1.29 is 26.3 Å². The molecular weight excluding hydrogens is 226 g/mol. The number of alkyl halides is 6. The second kappa shape index (κ2) is 3.74. The molecule has 1 radical (unpaired) electrons. The van der Waals surface area contributed by atoms with Crippen molar-refractivity contribution in [3.8, 4) is 0 Å². The van der Waals surface area contributed by atoms with Crippen molar-refractivity contribution in [3.05, 3.63) is 11.8 Å². The van der Waals surface area contributed by atoms with Gasteiger partial charge in [0, 0.05) is 0 Å².